The summed E-state index contributed by atoms with van der Waals surface area (Å²) >= 11 is 6.31. The third-order valence-corrected chi connectivity index (χ3v) is 5.41. The highest BCUT2D eigenvalue weighted by Crippen LogP contribution is 2.28. The van der Waals surface area contributed by atoms with E-state index in [4.69, 9.17) is 16.7 Å². The number of halogens is 1. The lowest BCUT2D eigenvalue weighted by Gasteiger charge is -2.27. The lowest BCUT2D eigenvalue weighted by molar-refractivity contribution is -0.142. The zero-order valence-corrected chi connectivity index (χ0v) is 16.2. The summed E-state index contributed by atoms with van der Waals surface area (Å²) in [5.74, 6) is -1.14. The van der Waals surface area contributed by atoms with E-state index in [-0.39, 0.29) is 23.8 Å². The number of carbonyl (C=O) groups excluding carboxylic acids is 1. The Hall–Kier alpha value is -2.34. The number of para-hydroxylation sites is 1. The standard InChI is InChI=1S/C20H24ClN3O3/c1-12(2)18-15(11-22-24(18)17-6-4-3-5-16(17)21)19(25)23-14-9-7-13(8-10-14)20(26)27/h3-6,11-14H,7-10H2,1-2H3,(H,23,25)(H,26,27). The largest absolute Gasteiger partial charge is 0.481 e. The van der Waals surface area contributed by atoms with Crippen LogP contribution in [-0.4, -0.2) is 32.8 Å². The minimum Gasteiger partial charge on any atom is -0.481 e. The Kier molecular flexibility index (Phi) is 5.85. The molecule has 144 valence electrons. The number of aliphatic carboxylic acids is 1. The van der Waals surface area contributed by atoms with Gasteiger partial charge in [-0.25, -0.2) is 4.68 Å². The summed E-state index contributed by atoms with van der Waals surface area (Å²) in [6.07, 6.45) is 4.13. The number of nitrogens with one attached hydrogen (secondary N) is 1. The van der Waals surface area contributed by atoms with Crippen molar-refractivity contribution >= 4 is 23.5 Å². The molecular formula is C20H24ClN3O3. The average molecular weight is 390 g/mol. The van der Waals surface area contributed by atoms with Crippen molar-refractivity contribution in [1.29, 1.82) is 0 Å². The number of aromatic nitrogens is 2. The molecule has 3 rings (SSSR count). The Morgan fingerprint density at radius 2 is 1.89 bits per heavy atom. The molecule has 1 aliphatic rings. The van der Waals surface area contributed by atoms with Gasteiger partial charge < -0.3 is 10.4 Å². The lowest BCUT2D eigenvalue weighted by Crippen LogP contribution is -2.39. The van der Waals surface area contributed by atoms with Crippen LogP contribution >= 0.6 is 11.6 Å². The normalized spacial score (nSPS) is 19.9. The molecule has 2 aromatic rings. The Balaban J connectivity index is 1.80. The number of hydrogen-bond acceptors (Lipinski definition) is 3. The fraction of sp³-hybridized carbons (Fsp3) is 0.450. The Morgan fingerprint density at radius 1 is 1.22 bits per heavy atom. The summed E-state index contributed by atoms with van der Waals surface area (Å²) < 4.78 is 1.73. The van der Waals surface area contributed by atoms with E-state index in [2.05, 4.69) is 10.4 Å². The molecule has 1 fully saturated rings. The monoisotopic (exact) mass is 389 g/mol. The second kappa shape index (κ2) is 8.13. The van der Waals surface area contributed by atoms with Gasteiger partial charge in [-0.3, -0.25) is 9.59 Å². The fourth-order valence-corrected chi connectivity index (χ4v) is 3.87. The van der Waals surface area contributed by atoms with Gasteiger partial charge in [0.25, 0.3) is 5.91 Å². The van der Waals surface area contributed by atoms with Gasteiger partial charge in [0.1, 0.15) is 0 Å². The van der Waals surface area contributed by atoms with Crippen molar-refractivity contribution < 1.29 is 14.7 Å². The van der Waals surface area contributed by atoms with Crippen LogP contribution in [0, 0.1) is 5.92 Å². The van der Waals surface area contributed by atoms with E-state index in [0.29, 0.717) is 36.3 Å². The lowest BCUT2D eigenvalue weighted by atomic mass is 9.86. The van der Waals surface area contributed by atoms with Gasteiger partial charge in [0.2, 0.25) is 0 Å². The zero-order valence-electron chi connectivity index (χ0n) is 15.5. The number of carboxylic acid groups (broad SMARTS) is 1. The van der Waals surface area contributed by atoms with Gasteiger partial charge in [-0.05, 0) is 43.7 Å². The maximum Gasteiger partial charge on any atom is 0.306 e. The van der Waals surface area contributed by atoms with Crippen molar-refractivity contribution in [2.75, 3.05) is 0 Å². The molecule has 7 heteroatoms. The first-order chi connectivity index (χ1) is 12.9. The Bertz CT molecular complexity index is 839. The van der Waals surface area contributed by atoms with Crippen LogP contribution in [0.1, 0.15) is 61.5 Å². The van der Waals surface area contributed by atoms with Crippen molar-refractivity contribution in [3.05, 3.63) is 46.7 Å². The van der Waals surface area contributed by atoms with Crippen molar-refractivity contribution in [1.82, 2.24) is 15.1 Å². The van der Waals surface area contributed by atoms with Crippen LogP contribution in [0.4, 0.5) is 0 Å². The van der Waals surface area contributed by atoms with Crippen LogP contribution in [0.25, 0.3) is 5.69 Å². The summed E-state index contributed by atoms with van der Waals surface area (Å²) in [6.45, 7) is 4.03. The van der Waals surface area contributed by atoms with Gasteiger partial charge in [0.15, 0.2) is 0 Å². The quantitative estimate of drug-likeness (QED) is 0.808. The summed E-state index contributed by atoms with van der Waals surface area (Å²) in [4.78, 5) is 23.9. The molecule has 1 aromatic carbocycles. The number of hydrogen-bond donors (Lipinski definition) is 2. The van der Waals surface area contributed by atoms with Crippen molar-refractivity contribution in [2.24, 2.45) is 5.92 Å². The molecule has 1 saturated carbocycles. The highest BCUT2D eigenvalue weighted by atomic mass is 35.5. The number of amides is 1. The zero-order chi connectivity index (χ0) is 19.6. The molecule has 0 saturated heterocycles. The van der Waals surface area contributed by atoms with Crippen LogP contribution in [0.5, 0.6) is 0 Å². The molecule has 0 radical (unpaired) electrons. The molecule has 1 aromatic heterocycles. The molecule has 1 heterocycles. The first-order valence-corrected chi connectivity index (χ1v) is 9.62. The summed E-state index contributed by atoms with van der Waals surface area (Å²) in [5.41, 5.74) is 2.08. The smallest absolute Gasteiger partial charge is 0.306 e. The van der Waals surface area contributed by atoms with Gasteiger partial charge >= 0.3 is 5.97 Å². The minimum atomic E-state index is -0.747. The first-order valence-electron chi connectivity index (χ1n) is 9.25. The number of nitrogens with zero attached hydrogens (tertiary/aromatic N) is 2. The van der Waals surface area contributed by atoms with E-state index in [1.54, 1.807) is 16.9 Å². The molecule has 0 atom stereocenters. The minimum absolute atomic E-state index is 0.00299. The van der Waals surface area contributed by atoms with Gasteiger partial charge in [-0.15, -0.1) is 0 Å². The van der Waals surface area contributed by atoms with Crippen LogP contribution < -0.4 is 5.32 Å². The molecule has 1 amide bonds. The SMILES string of the molecule is CC(C)c1c(C(=O)NC2CCC(C(=O)O)CC2)cnn1-c1ccccc1Cl. The predicted octanol–water partition coefficient (Wildman–Crippen LogP) is 4.02. The molecule has 0 spiro atoms. The molecule has 2 N–H and O–H groups in total. The second-order valence-electron chi connectivity index (χ2n) is 7.32. The topological polar surface area (TPSA) is 84.2 Å². The van der Waals surface area contributed by atoms with E-state index in [1.807, 2.05) is 32.0 Å². The van der Waals surface area contributed by atoms with Crippen LogP contribution in [0.2, 0.25) is 5.02 Å². The van der Waals surface area contributed by atoms with Crippen LogP contribution in [0.15, 0.2) is 30.5 Å². The molecule has 0 unspecified atom stereocenters. The maximum absolute atomic E-state index is 12.9. The summed E-state index contributed by atoms with van der Waals surface area (Å²) in [7, 11) is 0. The summed E-state index contributed by atoms with van der Waals surface area (Å²) in [5, 5.41) is 17.1. The number of rotatable bonds is 5. The van der Waals surface area contributed by atoms with Gasteiger partial charge in [0.05, 0.1) is 34.1 Å². The predicted molar refractivity (Wildman–Crippen MR) is 104 cm³/mol. The number of benzene rings is 1. The highest BCUT2D eigenvalue weighted by molar-refractivity contribution is 6.32. The molecule has 0 aliphatic heterocycles. The van der Waals surface area contributed by atoms with E-state index in [0.717, 1.165) is 11.4 Å². The average Bonchev–Trinajstić information content (AvgIpc) is 3.08. The maximum atomic E-state index is 12.9. The van der Waals surface area contributed by atoms with Crippen molar-refractivity contribution in [2.45, 2.75) is 51.5 Å². The molecule has 27 heavy (non-hydrogen) atoms. The molecule has 6 nitrogen and oxygen atoms in total. The van der Waals surface area contributed by atoms with Crippen LogP contribution in [0.3, 0.4) is 0 Å². The molecule has 0 bridgehead atoms. The Labute approximate surface area is 163 Å². The third-order valence-electron chi connectivity index (χ3n) is 5.09. The molecular weight excluding hydrogens is 366 g/mol. The highest BCUT2D eigenvalue weighted by Gasteiger charge is 2.28. The van der Waals surface area contributed by atoms with E-state index < -0.39 is 5.97 Å². The van der Waals surface area contributed by atoms with Gasteiger partial charge in [0, 0.05) is 6.04 Å². The van der Waals surface area contributed by atoms with E-state index in [9.17, 15) is 9.59 Å². The van der Waals surface area contributed by atoms with Crippen molar-refractivity contribution in [3.63, 3.8) is 0 Å². The number of carboxylic acids is 1. The first kappa shape index (κ1) is 19.4. The Morgan fingerprint density at radius 3 is 2.48 bits per heavy atom. The molecule has 1 aliphatic carbocycles. The van der Waals surface area contributed by atoms with Gasteiger partial charge in [-0.2, -0.15) is 5.10 Å². The summed E-state index contributed by atoms with van der Waals surface area (Å²) in [6, 6.07) is 7.40. The van der Waals surface area contributed by atoms with Crippen molar-refractivity contribution in [3.8, 4) is 5.69 Å². The number of carbonyl (C=O) groups is 2. The van der Waals surface area contributed by atoms with Gasteiger partial charge in [-0.1, -0.05) is 37.6 Å². The van der Waals surface area contributed by atoms with Crippen LogP contribution in [-0.2, 0) is 4.79 Å². The third kappa shape index (κ3) is 4.16. The fourth-order valence-electron chi connectivity index (χ4n) is 3.65. The van der Waals surface area contributed by atoms with E-state index in [1.165, 1.54) is 0 Å². The van der Waals surface area contributed by atoms with E-state index >= 15 is 0 Å². The second-order valence-corrected chi connectivity index (χ2v) is 7.73.